The van der Waals surface area contributed by atoms with Crippen molar-refractivity contribution in [3.8, 4) is 6.07 Å². The van der Waals surface area contributed by atoms with Crippen molar-refractivity contribution < 1.29 is 18.7 Å². The van der Waals surface area contributed by atoms with E-state index in [2.05, 4.69) is 4.74 Å². The fourth-order valence-electron chi connectivity index (χ4n) is 1.40. The van der Waals surface area contributed by atoms with Crippen LogP contribution in [-0.4, -0.2) is 24.1 Å². The maximum Gasteiger partial charge on any atom is 0.343 e. The Morgan fingerprint density at radius 1 is 1.55 bits per heavy atom. The van der Waals surface area contributed by atoms with E-state index in [9.17, 15) is 14.0 Å². The Kier molecular flexibility index (Phi) is 5.35. The molecular formula is C13H10ClFN2O3. The van der Waals surface area contributed by atoms with E-state index >= 15 is 0 Å². The summed E-state index contributed by atoms with van der Waals surface area (Å²) in [7, 11) is 0. The van der Waals surface area contributed by atoms with Crippen LogP contribution in [0.1, 0.15) is 17.3 Å². The number of nitrogens with zero attached hydrogens (tertiary/aromatic N) is 1. The van der Waals surface area contributed by atoms with Gasteiger partial charge in [-0.25, -0.2) is 9.18 Å². The van der Waals surface area contributed by atoms with Crippen molar-refractivity contribution in [2.24, 2.45) is 5.92 Å². The summed E-state index contributed by atoms with van der Waals surface area (Å²) in [6, 6.07) is 5.29. The highest BCUT2D eigenvalue weighted by atomic mass is 35.5. The van der Waals surface area contributed by atoms with Crippen LogP contribution in [0, 0.1) is 28.5 Å². The van der Waals surface area contributed by atoms with Gasteiger partial charge < -0.3 is 10.1 Å². The fraction of sp³-hybridized carbons (Fsp3) is 0.231. The van der Waals surface area contributed by atoms with Gasteiger partial charge in [0.1, 0.15) is 17.3 Å². The normalized spacial score (nSPS) is 11.3. The summed E-state index contributed by atoms with van der Waals surface area (Å²) >= 11 is 5.67. The van der Waals surface area contributed by atoms with Crippen LogP contribution < -0.4 is 0 Å². The predicted octanol–water partition coefficient (Wildman–Crippen LogP) is 2.38. The molecule has 0 spiro atoms. The topological polar surface area (TPSA) is 91.0 Å². The van der Waals surface area contributed by atoms with Crippen LogP contribution in [-0.2, 0) is 9.53 Å². The molecule has 0 saturated heterocycles. The van der Waals surface area contributed by atoms with Crippen LogP contribution in [0.4, 0.5) is 4.39 Å². The number of esters is 1. The van der Waals surface area contributed by atoms with Gasteiger partial charge in [0.15, 0.2) is 12.4 Å². The molecule has 0 heterocycles. The molecule has 0 amide bonds. The van der Waals surface area contributed by atoms with E-state index in [-0.39, 0.29) is 10.7 Å². The lowest BCUT2D eigenvalue weighted by atomic mass is 10.0. The molecule has 0 aliphatic carbocycles. The first-order valence-corrected chi connectivity index (χ1v) is 5.84. The van der Waals surface area contributed by atoms with Crippen molar-refractivity contribution in [1.82, 2.24) is 0 Å². The largest absolute Gasteiger partial charge is 0.454 e. The number of Topliss-reactive ketones (excluding diaryl/α,β-unsaturated/α-hetero) is 1. The molecule has 0 aliphatic heterocycles. The lowest BCUT2D eigenvalue weighted by Crippen LogP contribution is -2.25. The summed E-state index contributed by atoms with van der Waals surface area (Å²) in [5, 5.41) is 15.8. The zero-order valence-corrected chi connectivity index (χ0v) is 11.2. The van der Waals surface area contributed by atoms with Gasteiger partial charge >= 0.3 is 5.97 Å². The molecule has 5 nitrogen and oxygen atoms in total. The van der Waals surface area contributed by atoms with Crippen molar-refractivity contribution >= 4 is 29.1 Å². The summed E-state index contributed by atoms with van der Waals surface area (Å²) in [5.41, 5.74) is -0.625. The van der Waals surface area contributed by atoms with Crippen LogP contribution in [0.5, 0.6) is 0 Å². The Bertz CT molecular complexity index is 590. The van der Waals surface area contributed by atoms with Crippen molar-refractivity contribution in [2.45, 2.75) is 6.92 Å². The number of nitriles is 1. The maximum atomic E-state index is 13.4. The molecule has 0 radical (unpaired) electrons. The maximum absolute atomic E-state index is 13.4. The van der Waals surface area contributed by atoms with E-state index in [1.54, 1.807) is 6.07 Å². The third-order valence-electron chi connectivity index (χ3n) is 2.40. The van der Waals surface area contributed by atoms with E-state index in [0.29, 0.717) is 0 Å². The van der Waals surface area contributed by atoms with E-state index in [1.165, 1.54) is 19.1 Å². The van der Waals surface area contributed by atoms with Crippen molar-refractivity contribution in [1.29, 1.82) is 10.7 Å². The van der Waals surface area contributed by atoms with Gasteiger partial charge in [0, 0.05) is 5.71 Å². The van der Waals surface area contributed by atoms with Crippen molar-refractivity contribution in [2.75, 3.05) is 6.61 Å². The fourth-order valence-corrected chi connectivity index (χ4v) is 1.64. The molecule has 0 bridgehead atoms. The summed E-state index contributed by atoms with van der Waals surface area (Å²) in [6.45, 7) is 0.569. The number of nitrogens with one attached hydrogen (secondary N) is 1. The van der Waals surface area contributed by atoms with Crippen LogP contribution in [0.2, 0.25) is 5.02 Å². The molecule has 20 heavy (non-hydrogen) atoms. The molecule has 104 valence electrons. The first kappa shape index (κ1) is 15.8. The number of ketones is 1. The molecule has 0 aromatic heterocycles. The van der Waals surface area contributed by atoms with Gasteiger partial charge in [0.2, 0.25) is 0 Å². The number of benzene rings is 1. The highest BCUT2D eigenvalue weighted by Crippen LogP contribution is 2.19. The van der Waals surface area contributed by atoms with E-state index < -0.39 is 35.7 Å². The minimum Gasteiger partial charge on any atom is -0.454 e. The van der Waals surface area contributed by atoms with Gasteiger partial charge in [0.05, 0.1) is 11.1 Å². The highest BCUT2D eigenvalue weighted by Gasteiger charge is 2.23. The quantitative estimate of drug-likeness (QED) is 0.667. The average Bonchev–Trinajstić information content (AvgIpc) is 2.36. The number of rotatable bonds is 5. The molecule has 1 atom stereocenters. The second-order valence-electron chi connectivity index (χ2n) is 3.88. The summed E-state index contributed by atoms with van der Waals surface area (Å²) in [5.74, 6) is -3.99. The summed E-state index contributed by atoms with van der Waals surface area (Å²) < 4.78 is 18.0. The Morgan fingerprint density at radius 2 is 2.20 bits per heavy atom. The minimum atomic E-state index is -1.28. The van der Waals surface area contributed by atoms with E-state index in [0.717, 1.165) is 6.07 Å². The Balaban J connectivity index is 2.76. The molecule has 1 aromatic carbocycles. The zero-order chi connectivity index (χ0) is 15.3. The monoisotopic (exact) mass is 296 g/mol. The van der Waals surface area contributed by atoms with Crippen molar-refractivity contribution in [3.05, 3.63) is 34.6 Å². The molecular weight excluding hydrogens is 287 g/mol. The van der Waals surface area contributed by atoms with Gasteiger partial charge in [0.25, 0.3) is 0 Å². The summed E-state index contributed by atoms with van der Waals surface area (Å²) in [6.07, 6.45) is 0. The SMILES string of the molecule is CC(=N)C(C#N)C(=O)COC(=O)c1c(F)cccc1Cl. The number of hydrogen-bond acceptors (Lipinski definition) is 5. The van der Waals surface area contributed by atoms with Gasteiger partial charge in [-0.15, -0.1) is 0 Å². The number of ether oxygens (including phenoxy) is 1. The van der Waals surface area contributed by atoms with Gasteiger partial charge in [-0.05, 0) is 19.1 Å². The summed E-state index contributed by atoms with van der Waals surface area (Å²) in [4.78, 5) is 23.2. The molecule has 1 aromatic rings. The molecule has 7 heteroatoms. The Hall–Kier alpha value is -2.26. The van der Waals surface area contributed by atoms with Crippen LogP contribution in [0.25, 0.3) is 0 Å². The molecule has 0 aliphatic rings. The van der Waals surface area contributed by atoms with Gasteiger partial charge in [-0.1, -0.05) is 17.7 Å². The van der Waals surface area contributed by atoms with E-state index in [4.69, 9.17) is 22.3 Å². The molecule has 1 unspecified atom stereocenters. The van der Waals surface area contributed by atoms with Crippen LogP contribution in [0.15, 0.2) is 18.2 Å². The number of carbonyl (C=O) groups excluding carboxylic acids is 2. The first-order chi connectivity index (χ1) is 9.38. The van der Waals surface area contributed by atoms with Gasteiger partial charge in [-0.3, -0.25) is 4.79 Å². The standard InChI is InChI=1S/C13H10ClFN2O3/c1-7(17)8(5-16)11(18)6-20-13(19)12-9(14)3-2-4-10(12)15/h2-4,8,17H,6H2,1H3. The van der Waals surface area contributed by atoms with Gasteiger partial charge in [-0.2, -0.15) is 5.26 Å². The molecule has 0 fully saturated rings. The predicted molar refractivity (Wildman–Crippen MR) is 69.2 cm³/mol. The number of halogens is 2. The third kappa shape index (κ3) is 3.62. The average molecular weight is 297 g/mol. The second-order valence-corrected chi connectivity index (χ2v) is 4.29. The number of hydrogen-bond donors (Lipinski definition) is 1. The molecule has 0 saturated carbocycles. The molecule has 1 rings (SSSR count). The Labute approximate surface area is 119 Å². The van der Waals surface area contributed by atoms with Crippen LogP contribution >= 0.6 is 11.6 Å². The highest BCUT2D eigenvalue weighted by molar-refractivity contribution is 6.33. The third-order valence-corrected chi connectivity index (χ3v) is 2.71. The van der Waals surface area contributed by atoms with Crippen molar-refractivity contribution in [3.63, 3.8) is 0 Å². The van der Waals surface area contributed by atoms with Crippen LogP contribution in [0.3, 0.4) is 0 Å². The number of carbonyl (C=O) groups is 2. The minimum absolute atomic E-state index is 0.137. The zero-order valence-electron chi connectivity index (χ0n) is 10.4. The second kappa shape index (κ2) is 6.78. The lowest BCUT2D eigenvalue weighted by molar-refractivity contribution is -0.122. The Morgan fingerprint density at radius 3 is 2.70 bits per heavy atom. The smallest absolute Gasteiger partial charge is 0.343 e. The molecule has 1 N–H and O–H groups in total. The van der Waals surface area contributed by atoms with E-state index in [1.807, 2.05) is 0 Å². The lowest BCUT2D eigenvalue weighted by Gasteiger charge is -2.08. The first-order valence-electron chi connectivity index (χ1n) is 5.47.